The van der Waals surface area contributed by atoms with Crippen molar-refractivity contribution in [2.24, 2.45) is 0 Å². The van der Waals surface area contributed by atoms with Crippen LogP contribution in [-0.4, -0.2) is 62.3 Å². The van der Waals surface area contributed by atoms with Crippen molar-refractivity contribution in [2.75, 3.05) is 45.4 Å². The van der Waals surface area contributed by atoms with Crippen LogP contribution in [0.4, 0.5) is 5.69 Å². The number of benzene rings is 1. The number of rotatable bonds is 8. The largest absolute Gasteiger partial charge is 0.496 e. The Balaban J connectivity index is 2.39. The van der Waals surface area contributed by atoms with Crippen molar-refractivity contribution in [3.8, 4) is 5.75 Å². The SMILES string of the molecule is CCN(CC)c1ccc(C=C2C(=O)NC(=S)N(CCOC)C2=O)c(OC)c1. The number of thiocarbonyl (C=S) groups is 1. The minimum atomic E-state index is -0.520. The zero-order valence-corrected chi connectivity index (χ0v) is 16.9. The molecule has 0 bridgehead atoms. The van der Waals surface area contributed by atoms with Gasteiger partial charge in [-0.2, -0.15) is 0 Å². The molecule has 1 saturated heterocycles. The van der Waals surface area contributed by atoms with Gasteiger partial charge in [-0.05, 0) is 44.3 Å². The summed E-state index contributed by atoms with van der Waals surface area (Å²) in [6.45, 7) is 6.48. The van der Waals surface area contributed by atoms with Gasteiger partial charge in [-0.15, -0.1) is 0 Å². The number of amides is 2. The van der Waals surface area contributed by atoms with Gasteiger partial charge in [-0.1, -0.05) is 0 Å². The van der Waals surface area contributed by atoms with Crippen LogP contribution in [0.2, 0.25) is 0 Å². The molecule has 8 heteroatoms. The maximum absolute atomic E-state index is 12.7. The normalized spacial score (nSPS) is 15.9. The zero-order chi connectivity index (χ0) is 20.0. The summed E-state index contributed by atoms with van der Waals surface area (Å²) in [6, 6.07) is 5.69. The smallest absolute Gasteiger partial charge is 0.265 e. The van der Waals surface area contributed by atoms with Crippen LogP contribution < -0.4 is 15.0 Å². The van der Waals surface area contributed by atoms with Crippen LogP contribution in [0.3, 0.4) is 0 Å². The van der Waals surface area contributed by atoms with E-state index in [1.807, 2.05) is 18.2 Å². The third-order valence-corrected chi connectivity index (χ3v) is 4.67. The van der Waals surface area contributed by atoms with Crippen LogP contribution in [0, 0.1) is 0 Å². The number of ether oxygens (including phenoxy) is 2. The van der Waals surface area contributed by atoms with Gasteiger partial charge < -0.3 is 14.4 Å². The molecule has 0 radical (unpaired) electrons. The fraction of sp³-hybridized carbons (Fsp3) is 0.421. The highest BCUT2D eigenvalue weighted by Crippen LogP contribution is 2.28. The van der Waals surface area contributed by atoms with E-state index < -0.39 is 11.8 Å². The lowest BCUT2D eigenvalue weighted by molar-refractivity contribution is -0.129. The molecular formula is C19H25N3O4S. The van der Waals surface area contributed by atoms with E-state index in [2.05, 4.69) is 24.1 Å². The molecule has 0 atom stereocenters. The molecule has 0 unspecified atom stereocenters. The fourth-order valence-corrected chi connectivity index (χ4v) is 3.11. The first-order valence-electron chi connectivity index (χ1n) is 8.77. The minimum Gasteiger partial charge on any atom is -0.496 e. The summed E-state index contributed by atoms with van der Waals surface area (Å²) in [6.07, 6.45) is 1.53. The summed E-state index contributed by atoms with van der Waals surface area (Å²) >= 11 is 5.09. The van der Waals surface area contributed by atoms with E-state index in [0.29, 0.717) is 17.9 Å². The van der Waals surface area contributed by atoms with Gasteiger partial charge in [0.05, 0.1) is 20.3 Å². The van der Waals surface area contributed by atoms with Gasteiger partial charge in [0.25, 0.3) is 11.8 Å². The van der Waals surface area contributed by atoms with Crippen molar-refractivity contribution >= 4 is 40.9 Å². The third-order valence-electron chi connectivity index (χ3n) is 4.35. The summed E-state index contributed by atoms with van der Waals surface area (Å²) in [7, 11) is 3.10. The highest BCUT2D eigenvalue weighted by Gasteiger charge is 2.33. The Labute approximate surface area is 164 Å². The van der Waals surface area contributed by atoms with Crippen LogP contribution in [0.25, 0.3) is 6.08 Å². The number of hydrogen-bond donors (Lipinski definition) is 1. The van der Waals surface area contributed by atoms with Crippen molar-refractivity contribution in [1.82, 2.24) is 10.2 Å². The van der Waals surface area contributed by atoms with Crippen LogP contribution in [0.15, 0.2) is 23.8 Å². The summed E-state index contributed by atoms with van der Waals surface area (Å²) < 4.78 is 10.5. The Morgan fingerprint density at radius 2 is 1.93 bits per heavy atom. The topological polar surface area (TPSA) is 71.1 Å². The molecule has 2 amide bonds. The summed E-state index contributed by atoms with van der Waals surface area (Å²) in [4.78, 5) is 28.5. The Morgan fingerprint density at radius 1 is 1.22 bits per heavy atom. The third kappa shape index (κ3) is 4.64. The van der Waals surface area contributed by atoms with E-state index in [9.17, 15) is 9.59 Å². The molecular weight excluding hydrogens is 366 g/mol. The first-order chi connectivity index (χ1) is 13.0. The lowest BCUT2D eigenvalue weighted by Gasteiger charge is -2.28. The zero-order valence-electron chi connectivity index (χ0n) is 16.1. The molecule has 0 aromatic heterocycles. The predicted octanol–water partition coefficient (Wildman–Crippen LogP) is 1.81. The predicted molar refractivity (Wildman–Crippen MR) is 109 cm³/mol. The van der Waals surface area contributed by atoms with E-state index >= 15 is 0 Å². The number of hydrogen-bond acceptors (Lipinski definition) is 6. The molecule has 0 saturated carbocycles. The molecule has 2 rings (SSSR count). The maximum Gasteiger partial charge on any atom is 0.265 e. The van der Waals surface area contributed by atoms with Crippen LogP contribution in [-0.2, 0) is 14.3 Å². The van der Waals surface area contributed by atoms with Gasteiger partial charge in [0.1, 0.15) is 11.3 Å². The van der Waals surface area contributed by atoms with Crippen molar-refractivity contribution in [3.05, 3.63) is 29.3 Å². The number of nitrogens with zero attached hydrogens (tertiary/aromatic N) is 2. The molecule has 27 heavy (non-hydrogen) atoms. The van der Waals surface area contributed by atoms with Gasteiger partial charge in [-0.25, -0.2) is 0 Å². The van der Waals surface area contributed by atoms with Gasteiger partial charge in [-0.3, -0.25) is 19.8 Å². The van der Waals surface area contributed by atoms with E-state index in [4.69, 9.17) is 21.7 Å². The highest BCUT2D eigenvalue weighted by atomic mass is 32.1. The molecule has 1 aliphatic rings. The quantitative estimate of drug-likeness (QED) is 0.414. The number of carbonyl (C=O) groups is 2. The highest BCUT2D eigenvalue weighted by molar-refractivity contribution is 7.80. The van der Waals surface area contributed by atoms with Gasteiger partial charge in [0, 0.05) is 37.5 Å². The number of methoxy groups -OCH3 is 2. The molecule has 1 heterocycles. The Hall–Kier alpha value is -2.45. The first kappa shape index (κ1) is 20.9. The van der Waals surface area contributed by atoms with Crippen molar-refractivity contribution in [2.45, 2.75) is 13.8 Å². The molecule has 1 fully saturated rings. The fourth-order valence-electron chi connectivity index (χ4n) is 2.84. The number of carbonyl (C=O) groups excluding carboxylic acids is 2. The molecule has 0 aliphatic carbocycles. The average molecular weight is 391 g/mol. The second kappa shape index (κ2) is 9.48. The van der Waals surface area contributed by atoms with Gasteiger partial charge >= 0.3 is 0 Å². The standard InChI is InChI=1S/C19H25N3O4S/c1-5-21(6-2)14-8-7-13(16(12-14)26-4)11-15-17(23)20-19(27)22(18(15)24)9-10-25-3/h7-8,11-12H,5-6,9-10H2,1-4H3,(H,20,23,27). The summed E-state index contributed by atoms with van der Waals surface area (Å²) in [5, 5.41) is 2.64. The molecule has 1 N–H and O–H groups in total. The number of anilines is 1. The van der Waals surface area contributed by atoms with Gasteiger partial charge in [0.2, 0.25) is 0 Å². The van der Waals surface area contributed by atoms with Crippen LogP contribution >= 0.6 is 12.2 Å². The maximum atomic E-state index is 12.7. The molecule has 1 aliphatic heterocycles. The lowest BCUT2D eigenvalue weighted by atomic mass is 10.1. The van der Waals surface area contributed by atoms with Crippen molar-refractivity contribution in [1.29, 1.82) is 0 Å². The monoisotopic (exact) mass is 391 g/mol. The molecule has 1 aromatic carbocycles. The summed E-state index contributed by atoms with van der Waals surface area (Å²) in [5.74, 6) is -0.381. The number of nitrogens with one attached hydrogen (secondary N) is 1. The second-order valence-electron chi connectivity index (χ2n) is 5.87. The van der Waals surface area contributed by atoms with E-state index in [1.165, 1.54) is 18.1 Å². The van der Waals surface area contributed by atoms with E-state index in [-0.39, 0.29) is 17.2 Å². The molecule has 1 aromatic rings. The first-order valence-corrected chi connectivity index (χ1v) is 9.18. The van der Waals surface area contributed by atoms with Crippen LogP contribution in [0.1, 0.15) is 19.4 Å². The van der Waals surface area contributed by atoms with Gasteiger partial charge in [0.15, 0.2) is 5.11 Å². The lowest BCUT2D eigenvalue weighted by Crippen LogP contribution is -2.54. The average Bonchev–Trinajstić information content (AvgIpc) is 2.66. The van der Waals surface area contributed by atoms with E-state index in [1.54, 1.807) is 7.11 Å². The minimum absolute atomic E-state index is 0.00796. The Morgan fingerprint density at radius 3 is 2.52 bits per heavy atom. The second-order valence-corrected chi connectivity index (χ2v) is 6.25. The van der Waals surface area contributed by atoms with Crippen LogP contribution in [0.5, 0.6) is 5.75 Å². The molecule has 7 nitrogen and oxygen atoms in total. The Bertz CT molecular complexity index is 759. The Kier molecular flexibility index (Phi) is 7.32. The molecule has 146 valence electrons. The summed E-state index contributed by atoms with van der Waals surface area (Å²) in [5.41, 5.74) is 1.67. The van der Waals surface area contributed by atoms with Crippen molar-refractivity contribution < 1.29 is 19.1 Å². The molecule has 0 spiro atoms. The van der Waals surface area contributed by atoms with Crippen molar-refractivity contribution in [3.63, 3.8) is 0 Å². The van der Waals surface area contributed by atoms with E-state index in [0.717, 1.165) is 18.8 Å².